The highest BCUT2D eigenvalue weighted by molar-refractivity contribution is 6.31. The zero-order valence-electron chi connectivity index (χ0n) is 23.8. The van der Waals surface area contributed by atoms with E-state index in [2.05, 4.69) is 29.8 Å². The van der Waals surface area contributed by atoms with Crippen LogP contribution in [0.15, 0.2) is 54.6 Å². The number of fused-ring (bicyclic) bond motifs is 3. The number of halogens is 3. The van der Waals surface area contributed by atoms with Crippen molar-refractivity contribution in [3.05, 3.63) is 87.2 Å². The van der Waals surface area contributed by atoms with Gasteiger partial charge in [-0.25, -0.2) is 4.39 Å². The van der Waals surface area contributed by atoms with E-state index in [0.29, 0.717) is 40.6 Å². The molecule has 1 saturated carbocycles. The Labute approximate surface area is 255 Å². The van der Waals surface area contributed by atoms with Crippen molar-refractivity contribution in [1.82, 2.24) is 5.32 Å². The molecule has 2 aliphatic heterocycles. The highest BCUT2D eigenvalue weighted by Crippen LogP contribution is 2.62. The van der Waals surface area contributed by atoms with Gasteiger partial charge in [-0.3, -0.25) is 14.9 Å². The Kier molecular flexibility index (Phi) is 7.49. The maximum atomic E-state index is 16.1. The molecule has 0 unspecified atom stereocenters. The molecule has 2 spiro atoms. The van der Waals surface area contributed by atoms with Crippen molar-refractivity contribution >= 4 is 46.4 Å². The van der Waals surface area contributed by atoms with Gasteiger partial charge in [0.15, 0.2) is 0 Å². The van der Waals surface area contributed by atoms with Gasteiger partial charge in [0.25, 0.3) is 0 Å². The van der Waals surface area contributed by atoms with Gasteiger partial charge in [0.1, 0.15) is 17.0 Å². The molecule has 42 heavy (non-hydrogen) atoms. The molecule has 3 N–H and O–H groups in total. The summed E-state index contributed by atoms with van der Waals surface area (Å²) < 4.78 is 21.7. The van der Waals surface area contributed by atoms with E-state index in [-0.39, 0.29) is 28.3 Å². The van der Waals surface area contributed by atoms with E-state index in [4.69, 9.17) is 27.9 Å². The molecule has 6 rings (SSSR count). The topological polar surface area (TPSA) is 79.5 Å². The molecule has 2 heterocycles. The monoisotopic (exact) mass is 609 g/mol. The first-order valence-electron chi connectivity index (χ1n) is 14.4. The van der Waals surface area contributed by atoms with Crippen LogP contribution < -0.4 is 20.7 Å². The number of methoxy groups -OCH3 is 1. The molecular formula is C33H34Cl2FN3O3. The summed E-state index contributed by atoms with van der Waals surface area (Å²) in [6.07, 6.45) is 4.05. The van der Waals surface area contributed by atoms with Crippen molar-refractivity contribution in [2.24, 2.45) is 0 Å². The van der Waals surface area contributed by atoms with Crippen LogP contribution >= 0.6 is 23.2 Å². The summed E-state index contributed by atoms with van der Waals surface area (Å²) in [6.45, 7) is 4.17. The van der Waals surface area contributed by atoms with Crippen LogP contribution in [0, 0.1) is 5.82 Å². The molecule has 3 aromatic carbocycles. The first-order chi connectivity index (χ1) is 20.1. The summed E-state index contributed by atoms with van der Waals surface area (Å²) in [5.74, 6) is -1.39. The van der Waals surface area contributed by atoms with Crippen molar-refractivity contribution in [3.8, 4) is 5.75 Å². The second-order valence-electron chi connectivity index (χ2n) is 11.9. The van der Waals surface area contributed by atoms with Crippen LogP contribution in [0.5, 0.6) is 5.75 Å². The Morgan fingerprint density at radius 2 is 1.83 bits per heavy atom. The molecule has 3 atom stereocenters. The van der Waals surface area contributed by atoms with Gasteiger partial charge in [-0.05, 0) is 65.8 Å². The lowest BCUT2D eigenvalue weighted by molar-refractivity contribution is -0.124. The highest BCUT2D eigenvalue weighted by atomic mass is 35.5. The van der Waals surface area contributed by atoms with E-state index in [1.165, 1.54) is 6.07 Å². The van der Waals surface area contributed by atoms with E-state index in [1.807, 2.05) is 24.3 Å². The minimum atomic E-state index is -1.29. The number of benzene rings is 3. The molecule has 2 amide bonds. The summed E-state index contributed by atoms with van der Waals surface area (Å²) in [5.41, 5.74) is 0.996. The van der Waals surface area contributed by atoms with E-state index in [9.17, 15) is 9.59 Å². The molecule has 0 bridgehead atoms. The van der Waals surface area contributed by atoms with Gasteiger partial charge in [0.2, 0.25) is 11.8 Å². The normalized spacial score (nSPS) is 24.2. The molecule has 220 valence electrons. The molecule has 2 fully saturated rings. The van der Waals surface area contributed by atoms with Gasteiger partial charge in [-0.2, -0.15) is 0 Å². The van der Waals surface area contributed by atoms with Gasteiger partial charge in [0, 0.05) is 22.2 Å². The Hall–Kier alpha value is -3.13. The third-order valence-corrected chi connectivity index (χ3v) is 9.98. The summed E-state index contributed by atoms with van der Waals surface area (Å²) in [4.78, 5) is 28.8. The zero-order chi connectivity index (χ0) is 29.8. The van der Waals surface area contributed by atoms with Crippen LogP contribution in [0.1, 0.15) is 74.5 Å². The average molecular weight is 611 g/mol. The maximum absolute atomic E-state index is 16.1. The lowest BCUT2D eigenvalue weighted by atomic mass is 9.55. The number of carbonyl (C=O) groups is 2. The Balaban J connectivity index is 1.55. The molecule has 1 saturated heterocycles. The number of hydrogen-bond donors (Lipinski definition) is 3. The highest BCUT2D eigenvalue weighted by Gasteiger charge is 2.72. The van der Waals surface area contributed by atoms with E-state index >= 15 is 4.39 Å². The van der Waals surface area contributed by atoms with E-state index in [1.54, 1.807) is 31.4 Å². The number of anilines is 2. The molecule has 6 nitrogen and oxygen atoms in total. The number of rotatable bonds is 5. The summed E-state index contributed by atoms with van der Waals surface area (Å²) in [5, 5.41) is 10.2. The second kappa shape index (κ2) is 10.9. The molecule has 0 radical (unpaired) electrons. The van der Waals surface area contributed by atoms with Crippen LogP contribution in [0.2, 0.25) is 10.0 Å². The first-order valence-corrected chi connectivity index (χ1v) is 15.2. The van der Waals surface area contributed by atoms with Crippen molar-refractivity contribution in [1.29, 1.82) is 0 Å². The van der Waals surface area contributed by atoms with Gasteiger partial charge < -0.3 is 15.4 Å². The minimum absolute atomic E-state index is 0.0629. The number of nitrogens with one attached hydrogen (secondary N) is 3. The number of carbonyl (C=O) groups excluding carboxylic acids is 2. The van der Waals surface area contributed by atoms with Crippen molar-refractivity contribution in [3.63, 3.8) is 0 Å². The van der Waals surface area contributed by atoms with Gasteiger partial charge >= 0.3 is 0 Å². The Bertz CT molecular complexity index is 1570. The smallest absolute Gasteiger partial charge is 0.242 e. The van der Waals surface area contributed by atoms with E-state index in [0.717, 1.165) is 24.8 Å². The largest absolute Gasteiger partial charge is 0.495 e. The minimum Gasteiger partial charge on any atom is -0.495 e. The fourth-order valence-corrected chi connectivity index (χ4v) is 7.95. The SMILES string of the molecule is COc1cc(C(C)C)ccc1NC(=O)[C@@H]1NC2(CCCCC2)[C@@]2(C(=O)Nc3cc(Cl)ccc32)[C@H]1c1cccc(Cl)c1F. The Morgan fingerprint density at radius 1 is 1.07 bits per heavy atom. The lowest BCUT2D eigenvalue weighted by Gasteiger charge is -2.47. The summed E-state index contributed by atoms with van der Waals surface area (Å²) in [6, 6.07) is 14.8. The standard InChI is InChI=1S/C33H34Cl2FN3O3/c1-18(2)19-10-13-24(26(16-19)42-3)37-30(40)29-27(21-8-7-9-23(35)28(21)36)33(32(39-29)14-5-4-6-15-32)22-12-11-20(34)17-25(22)38-31(33)41/h7-13,16-18,27,29,39H,4-6,14-15H2,1-3H3,(H,37,40)(H,38,41)/t27-,29+,33+/m0/s1. The van der Waals surface area contributed by atoms with Gasteiger partial charge in [-0.15, -0.1) is 0 Å². The Morgan fingerprint density at radius 3 is 2.55 bits per heavy atom. The fourth-order valence-electron chi connectivity index (χ4n) is 7.60. The third kappa shape index (κ3) is 4.31. The molecule has 0 aromatic heterocycles. The predicted molar refractivity (Wildman–Crippen MR) is 164 cm³/mol. The zero-order valence-corrected chi connectivity index (χ0v) is 25.3. The molecule has 1 aliphatic carbocycles. The van der Waals surface area contributed by atoms with Crippen LogP contribution in [0.4, 0.5) is 15.8 Å². The third-order valence-electron chi connectivity index (χ3n) is 9.46. The summed E-state index contributed by atoms with van der Waals surface area (Å²) in [7, 11) is 1.56. The number of ether oxygens (including phenoxy) is 1. The maximum Gasteiger partial charge on any atom is 0.242 e. The summed E-state index contributed by atoms with van der Waals surface area (Å²) >= 11 is 12.7. The van der Waals surface area contributed by atoms with Crippen LogP contribution in [-0.4, -0.2) is 30.5 Å². The molecule has 9 heteroatoms. The number of amides is 2. The fraction of sp³-hybridized carbons (Fsp3) is 0.394. The molecular weight excluding hydrogens is 576 g/mol. The predicted octanol–water partition coefficient (Wildman–Crippen LogP) is 7.55. The molecule has 3 aromatic rings. The van der Waals surface area contributed by atoms with Crippen molar-refractivity contribution in [2.45, 2.75) is 74.8 Å². The van der Waals surface area contributed by atoms with Gasteiger partial charge in [-0.1, -0.05) is 80.6 Å². The van der Waals surface area contributed by atoms with E-state index < -0.39 is 28.7 Å². The van der Waals surface area contributed by atoms with Crippen LogP contribution in [0.25, 0.3) is 0 Å². The number of hydrogen-bond acceptors (Lipinski definition) is 4. The van der Waals surface area contributed by atoms with Crippen LogP contribution in [-0.2, 0) is 15.0 Å². The average Bonchev–Trinajstić information content (AvgIpc) is 3.42. The molecule has 3 aliphatic rings. The quantitative estimate of drug-likeness (QED) is 0.279. The van der Waals surface area contributed by atoms with Gasteiger partial charge in [0.05, 0.1) is 23.9 Å². The lowest BCUT2D eigenvalue weighted by Crippen LogP contribution is -2.60. The van der Waals surface area contributed by atoms with Crippen molar-refractivity contribution in [2.75, 3.05) is 17.7 Å². The first kappa shape index (κ1) is 29.0. The van der Waals surface area contributed by atoms with Crippen LogP contribution in [0.3, 0.4) is 0 Å². The van der Waals surface area contributed by atoms with Crippen molar-refractivity contribution < 1.29 is 18.7 Å². The second-order valence-corrected chi connectivity index (χ2v) is 12.8.